The first-order valence-corrected chi connectivity index (χ1v) is 38.9. The van der Waals surface area contributed by atoms with Gasteiger partial charge in [0.2, 0.25) is 23.6 Å². The molecule has 32 nitrogen and oxygen atoms in total. The average Bonchev–Trinajstić information content (AvgIpc) is 1.63. The van der Waals surface area contributed by atoms with E-state index in [1.54, 1.807) is 187 Å². The van der Waals surface area contributed by atoms with E-state index in [1.807, 2.05) is 74.5 Å². The first-order chi connectivity index (χ1) is 61.0. The predicted octanol–water partition coefficient (Wildman–Crippen LogP) is 15.5. The number of ether oxygens (including phenoxy) is 4. The molecule has 0 saturated heterocycles. The number of amides is 8. The Morgan fingerprint density at radius 2 is 0.746 bits per heavy atom. The zero-order chi connectivity index (χ0) is 87.5. The summed E-state index contributed by atoms with van der Waals surface area (Å²) in [6.45, 7) is 4.19. The van der Waals surface area contributed by atoms with Crippen molar-refractivity contribution in [3.63, 3.8) is 0 Å². The fourth-order valence-corrected chi connectivity index (χ4v) is 13.8. The fourth-order valence-electron chi connectivity index (χ4n) is 13.8. The number of nitrogens with one attached hydrogen (secondary N) is 8. The van der Waals surface area contributed by atoms with E-state index in [2.05, 4.69) is 82.9 Å². The van der Waals surface area contributed by atoms with Gasteiger partial charge in [0.25, 0.3) is 23.6 Å². The molecule has 4 aliphatic heterocycles. The van der Waals surface area contributed by atoms with Crippen molar-refractivity contribution < 1.29 is 70.5 Å². The molecule has 15 aromatic rings. The van der Waals surface area contributed by atoms with E-state index in [0.29, 0.717) is 126 Å². The molecular formula is C91H71F3N20O12. The Balaban J connectivity index is 0.000000124. The number of nitrogens with zero attached hydrogens (tertiary/aromatic N) is 12. The highest BCUT2D eigenvalue weighted by atomic mass is 19.4. The van der Waals surface area contributed by atoms with Crippen molar-refractivity contribution in [2.75, 3.05) is 42.5 Å². The van der Waals surface area contributed by atoms with Crippen molar-refractivity contribution >= 4 is 93.3 Å². The van der Waals surface area contributed by atoms with Crippen LogP contribution in [0.5, 0.6) is 46.0 Å². The van der Waals surface area contributed by atoms with Crippen LogP contribution < -0.4 is 61.5 Å². The minimum atomic E-state index is -4.82. The maximum Gasteiger partial charge on any atom is 0.434 e. The van der Waals surface area contributed by atoms with Gasteiger partial charge in [-0.2, -0.15) is 33.6 Å². The van der Waals surface area contributed by atoms with Gasteiger partial charge >= 0.3 is 6.18 Å². The number of para-hydroxylation sites is 2. The van der Waals surface area contributed by atoms with Crippen molar-refractivity contribution in [3.05, 3.63) is 335 Å². The fraction of sp³-hybridized carbons (Fsp3) is 0.0989. The Kier molecular flexibility index (Phi) is 23.8. The number of rotatable bonds is 20. The maximum atomic E-state index is 13.9. The smallest absolute Gasteiger partial charge is 0.434 e. The third kappa shape index (κ3) is 19.4. The zero-order valence-corrected chi connectivity index (χ0v) is 66.8. The largest absolute Gasteiger partial charge is 0.457 e. The molecule has 19 rings (SSSR count). The SMILES string of the molecule is Cc1cc(C(=O)Nc2cccc(Oc3ccnc4c3CC(=O)N4)c2)n(C)n1.Cc1cc(C(=O)Nc2cccc(Oc3ccnc4c3CC(=O)N4)c2)n(Cc2ccccc2)n1.O=C1Cc2c(Oc3cccc(NC(=O)c4ccnn4-c4ccccc4)c3)ccnc2N1.O=C1Cc2c(Oc3cccc(NC(=O)c4cnn(-c5ccccc5)c4C(F)(F)F)c3)ccnc2N1. The summed E-state index contributed by atoms with van der Waals surface area (Å²) in [4.78, 5) is 114. The molecule has 0 fully saturated rings. The Morgan fingerprint density at radius 3 is 1.13 bits per heavy atom. The number of fused-ring (bicyclic) bond motifs is 4. The van der Waals surface area contributed by atoms with Crippen molar-refractivity contribution in [2.24, 2.45) is 7.05 Å². The topological polar surface area (TPSA) is 393 Å². The lowest BCUT2D eigenvalue weighted by Gasteiger charge is -2.13. The van der Waals surface area contributed by atoms with Gasteiger partial charge in [-0.15, -0.1) is 0 Å². The number of benzene rings is 7. The lowest BCUT2D eigenvalue weighted by Crippen LogP contribution is -2.20. The second-order valence-corrected chi connectivity index (χ2v) is 28.5. The van der Waals surface area contributed by atoms with Crippen LogP contribution >= 0.6 is 0 Å². The molecule has 8 aromatic heterocycles. The van der Waals surface area contributed by atoms with Crippen LogP contribution in [0.2, 0.25) is 0 Å². The average molecular weight is 1690 g/mol. The van der Waals surface area contributed by atoms with Crippen LogP contribution in [0.25, 0.3) is 11.4 Å². The third-order valence-corrected chi connectivity index (χ3v) is 19.4. The summed E-state index contributed by atoms with van der Waals surface area (Å²) in [6, 6.07) is 66.3. The van der Waals surface area contributed by atoms with E-state index in [0.717, 1.165) is 40.0 Å². The summed E-state index contributed by atoms with van der Waals surface area (Å²) in [5.74, 6) is 3.62. The molecule has 35 heteroatoms. The molecule has 126 heavy (non-hydrogen) atoms. The van der Waals surface area contributed by atoms with Gasteiger partial charge in [0, 0.05) is 101 Å². The molecule has 0 unspecified atom stereocenters. The van der Waals surface area contributed by atoms with Gasteiger partial charge in [-0.3, -0.25) is 47.7 Å². The number of carbonyl (C=O) groups excluding carboxylic acids is 8. The number of aromatic nitrogens is 12. The number of hydrogen-bond donors (Lipinski definition) is 8. The van der Waals surface area contributed by atoms with Crippen LogP contribution in [-0.4, -0.2) is 106 Å². The number of anilines is 8. The number of carbonyl (C=O) groups is 8. The minimum absolute atomic E-state index is 0.110. The molecule has 0 spiro atoms. The van der Waals surface area contributed by atoms with Gasteiger partial charge in [0.1, 0.15) is 86.3 Å². The number of halogens is 3. The Bertz CT molecular complexity index is 6720. The highest BCUT2D eigenvalue weighted by Crippen LogP contribution is 2.40. The van der Waals surface area contributed by atoms with Gasteiger partial charge in [0.05, 0.1) is 72.9 Å². The molecule has 12 heterocycles. The van der Waals surface area contributed by atoms with Gasteiger partial charge in [-0.05, 0) is 135 Å². The molecule has 0 radical (unpaired) electrons. The van der Waals surface area contributed by atoms with E-state index >= 15 is 0 Å². The van der Waals surface area contributed by atoms with Crippen molar-refractivity contribution in [1.82, 2.24) is 59.1 Å². The number of aryl methyl sites for hydroxylation is 3. The Morgan fingerprint density at radius 1 is 0.389 bits per heavy atom. The molecule has 4 aliphatic rings. The predicted molar refractivity (Wildman–Crippen MR) is 457 cm³/mol. The molecule has 8 N–H and O–H groups in total. The van der Waals surface area contributed by atoms with Crippen LogP contribution in [0.15, 0.2) is 268 Å². The van der Waals surface area contributed by atoms with Crippen LogP contribution in [0.1, 0.15) is 86.7 Å². The molecule has 0 saturated carbocycles. The number of alkyl halides is 3. The van der Waals surface area contributed by atoms with E-state index < -0.39 is 23.3 Å². The lowest BCUT2D eigenvalue weighted by atomic mass is 10.2. The highest BCUT2D eigenvalue weighted by molar-refractivity contribution is 6.07. The van der Waals surface area contributed by atoms with E-state index in [4.69, 9.17) is 18.9 Å². The third-order valence-electron chi connectivity index (χ3n) is 19.4. The standard InChI is InChI=1S/C25H21N5O3.C24H16F3N5O3.C23H17N5O3.C19H17N5O3/c1-16-12-21(30(29-16)15-17-6-3-2-4-7-17)25(32)27-18-8-5-9-19(13-18)33-22-10-11-26-24-20(22)14-23(31)28-24;25-24(26,27)21-18(13-29-32(21)15-6-2-1-3-7-15)23(34)30-14-5-4-8-16(11-14)35-19-9-10-28-22-17(19)12-20(33)31-22;29-21-14-18-20(10-11-24-22(18)27-21)31-17-8-4-5-15(13-17)26-23(30)19-9-12-25-28(19)16-6-2-1-3-7-16;1-11-8-15(24(2)23-11)19(26)21-12-4-3-5-13(9-12)27-16-6-7-20-18-14(16)10-17(25)22-18/h2-13H,14-15H2,1H3,(H,27,32)(H,26,28,31);1-11,13H,12H2,(H,30,34)(H,28,31,33);1-13H,14H2,(H,26,30)(H,24,27,29);3-9H,10H2,1-2H3,(H,21,26)(H,20,22,25). The summed E-state index contributed by atoms with van der Waals surface area (Å²) in [7, 11) is 1.72. The van der Waals surface area contributed by atoms with Gasteiger partial charge in [0.15, 0.2) is 5.69 Å². The Labute approximate surface area is 713 Å². The van der Waals surface area contributed by atoms with Crippen LogP contribution in [0, 0.1) is 13.8 Å². The molecule has 0 aliphatic carbocycles. The second-order valence-electron chi connectivity index (χ2n) is 28.5. The second kappa shape index (κ2) is 36.4. The van der Waals surface area contributed by atoms with Gasteiger partial charge < -0.3 is 61.5 Å². The summed E-state index contributed by atoms with van der Waals surface area (Å²) < 4.78 is 70.9. The van der Waals surface area contributed by atoms with Gasteiger partial charge in [-0.25, -0.2) is 29.3 Å². The van der Waals surface area contributed by atoms with Crippen LogP contribution in [-0.2, 0) is 64.6 Å². The van der Waals surface area contributed by atoms with E-state index in [-0.39, 0.29) is 78.4 Å². The summed E-state index contributed by atoms with van der Waals surface area (Å²) >= 11 is 0. The lowest BCUT2D eigenvalue weighted by molar-refractivity contribution is -0.143. The molecule has 7 aromatic carbocycles. The quantitative estimate of drug-likeness (QED) is 0.0351. The van der Waals surface area contributed by atoms with Crippen molar-refractivity contribution in [1.29, 1.82) is 0 Å². The van der Waals surface area contributed by atoms with Gasteiger partial charge in [-0.1, -0.05) is 91.0 Å². The molecule has 0 atom stereocenters. The minimum Gasteiger partial charge on any atom is -0.457 e. The molecule has 0 bridgehead atoms. The van der Waals surface area contributed by atoms with E-state index in [1.165, 1.54) is 35.1 Å². The van der Waals surface area contributed by atoms with Crippen LogP contribution in [0.3, 0.4) is 0 Å². The number of hydrogen-bond acceptors (Lipinski definition) is 20. The summed E-state index contributed by atoms with van der Waals surface area (Å²) in [6.07, 6.45) is 4.66. The van der Waals surface area contributed by atoms with Crippen molar-refractivity contribution in [3.8, 4) is 57.4 Å². The molecule has 628 valence electrons. The molecule has 8 amide bonds. The molecular weight excluding hydrogens is 1620 g/mol. The zero-order valence-electron chi connectivity index (χ0n) is 66.8. The van der Waals surface area contributed by atoms with E-state index in [9.17, 15) is 51.5 Å². The number of pyridine rings is 4. The monoisotopic (exact) mass is 1690 g/mol. The summed E-state index contributed by atoms with van der Waals surface area (Å²) in [5.41, 5.74) is 7.83. The first kappa shape index (κ1) is 82.4. The van der Waals surface area contributed by atoms with Crippen LogP contribution in [0.4, 0.5) is 59.2 Å². The first-order valence-electron chi connectivity index (χ1n) is 38.9. The Hall–Kier alpha value is -17.3. The summed E-state index contributed by atoms with van der Waals surface area (Å²) in [5, 5.41) is 38.5. The highest BCUT2D eigenvalue weighted by Gasteiger charge is 2.41. The van der Waals surface area contributed by atoms with Crippen molar-refractivity contribution in [2.45, 2.75) is 52.3 Å². The maximum absolute atomic E-state index is 13.9. The normalized spacial score (nSPS) is 12.4.